The van der Waals surface area contributed by atoms with Crippen LogP contribution in [-0.4, -0.2) is 106 Å². The molecule has 11 nitrogen and oxygen atoms in total. The second-order valence-corrected chi connectivity index (χ2v) is 11.8. The molecule has 2 fully saturated rings. The highest BCUT2D eigenvalue weighted by Crippen LogP contribution is 2.32. The fourth-order valence-corrected chi connectivity index (χ4v) is 6.21. The Kier molecular flexibility index (Phi) is 9.60. The lowest BCUT2D eigenvalue weighted by Gasteiger charge is -2.35. The third-order valence-corrected chi connectivity index (χ3v) is 8.84. The molecule has 1 atom stereocenters. The largest absolute Gasteiger partial charge is 0.476 e. The lowest BCUT2D eigenvalue weighted by atomic mass is 10.1. The Morgan fingerprint density at radius 2 is 1.89 bits per heavy atom. The number of imidazole rings is 1. The number of carbonyl (C=O) groups is 1. The maximum atomic E-state index is 15.0. The number of nitrogens with one attached hydrogen (secondary N) is 1. The lowest BCUT2D eigenvalue weighted by molar-refractivity contribution is 0.0626. The van der Waals surface area contributed by atoms with Gasteiger partial charge in [-0.25, -0.2) is 14.4 Å². The molecule has 2 N–H and O–H groups in total. The smallest absolute Gasteiger partial charge is 0.255 e. The van der Waals surface area contributed by atoms with Crippen LogP contribution in [0.1, 0.15) is 16.8 Å². The summed E-state index contributed by atoms with van der Waals surface area (Å²) in [5.74, 6) is -2.08. The SMILES string of the molecule is N#CCOc1ccc(-c2cnc3c(Nc4ccc(C(=O)N5CCN(CCN6CCC(CO)C6)CC5)c(Cl)c4)nccn23)c(F)c1F. The van der Waals surface area contributed by atoms with Crippen LogP contribution in [-0.2, 0) is 0 Å². The molecule has 2 aromatic heterocycles. The zero-order valence-corrected chi connectivity index (χ0v) is 25.8. The molecular weight excluding hydrogens is 618 g/mol. The highest BCUT2D eigenvalue weighted by Gasteiger charge is 2.26. The van der Waals surface area contributed by atoms with Gasteiger partial charge in [0.15, 0.2) is 29.6 Å². The van der Waals surface area contributed by atoms with Crippen LogP contribution in [0.4, 0.5) is 20.3 Å². The molecule has 0 bridgehead atoms. The van der Waals surface area contributed by atoms with E-state index in [0.717, 1.165) is 45.7 Å². The summed E-state index contributed by atoms with van der Waals surface area (Å²) < 4.78 is 36.1. The van der Waals surface area contributed by atoms with Crippen molar-refractivity contribution in [1.82, 2.24) is 29.1 Å². The summed E-state index contributed by atoms with van der Waals surface area (Å²) in [5, 5.41) is 21.5. The van der Waals surface area contributed by atoms with E-state index >= 15 is 0 Å². The Hall–Kier alpha value is -4.35. The number of piperazine rings is 1. The number of rotatable bonds is 10. The van der Waals surface area contributed by atoms with Crippen molar-refractivity contribution in [3.8, 4) is 23.1 Å². The van der Waals surface area contributed by atoms with Gasteiger partial charge >= 0.3 is 0 Å². The number of nitrogens with zero attached hydrogens (tertiary/aromatic N) is 7. The van der Waals surface area contributed by atoms with E-state index in [1.165, 1.54) is 24.5 Å². The first-order chi connectivity index (χ1) is 22.4. The first kappa shape index (κ1) is 31.6. The minimum Gasteiger partial charge on any atom is -0.476 e. The Balaban J connectivity index is 1.10. The molecule has 2 aliphatic rings. The Bertz CT molecular complexity index is 1770. The Morgan fingerprint density at radius 3 is 2.63 bits per heavy atom. The monoisotopic (exact) mass is 650 g/mol. The minimum absolute atomic E-state index is 0.0408. The topological polar surface area (TPSA) is 122 Å². The van der Waals surface area contributed by atoms with Gasteiger partial charge in [-0.1, -0.05) is 11.6 Å². The molecule has 2 aliphatic heterocycles. The number of hydrogen-bond donors (Lipinski definition) is 2. The van der Waals surface area contributed by atoms with Gasteiger partial charge in [-0.3, -0.25) is 14.1 Å². The number of aromatic nitrogens is 3. The quantitative estimate of drug-likeness (QED) is 0.262. The number of halogens is 3. The van der Waals surface area contributed by atoms with E-state index in [0.29, 0.717) is 41.7 Å². The zero-order chi connectivity index (χ0) is 32.2. The Morgan fingerprint density at radius 1 is 1.09 bits per heavy atom. The van der Waals surface area contributed by atoms with Gasteiger partial charge in [0.05, 0.1) is 22.5 Å². The van der Waals surface area contributed by atoms with Crippen LogP contribution in [0.15, 0.2) is 48.9 Å². The van der Waals surface area contributed by atoms with Crippen LogP contribution >= 0.6 is 11.6 Å². The summed E-state index contributed by atoms with van der Waals surface area (Å²) in [6, 6.07) is 9.40. The van der Waals surface area contributed by atoms with E-state index in [9.17, 15) is 18.7 Å². The number of aliphatic hydroxyl groups is 1. The average Bonchev–Trinajstić information content (AvgIpc) is 3.72. The van der Waals surface area contributed by atoms with Crippen molar-refractivity contribution in [3.63, 3.8) is 0 Å². The molecule has 0 saturated carbocycles. The number of likely N-dealkylation sites (tertiary alicyclic amines) is 1. The third-order valence-electron chi connectivity index (χ3n) is 8.53. The molecule has 4 aromatic rings. The number of ether oxygens (including phenoxy) is 1. The molecule has 0 radical (unpaired) electrons. The molecule has 6 rings (SSSR count). The number of aliphatic hydroxyl groups excluding tert-OH is 1. The van der Waals surface area contributed by atoms with Crippen molar-refractivity contribution in [2.75, 3.05) is 70.9 Å². The van der Waals surface area contributed by atoms with Crippen LogP contribution in [0.5, 0.6) is 5.75 Å². The second-order valence-electron chi connectivity index (χ2n) is 11.4. The van der Waals surface area contributed by atoms with E-state index in [4.69, 9.17) is 21.6 Å². The molecule has 1 unspecified atom stereocenters. The fourth-order valence-electron chi connectivity index (χ4n) is 5.95. The zero-order valence-electron chi connectivity index (χ0n) is 25.0. The van der Waals surface area contributed by atoms with Crippen molar-refractivity contribution in [1.29, 1.82) is 5.26 Å². The van der Waals surface area contributed by atoms with Gasteiger partial charge in [-0.15, -0.1) is 0 Å². The molecular formula is C32H33ClF2N8O3. The highest BCUT2D eigenvalue weighted by atomic mass is 35.5. The molecule has 0 spiro atoms. The predicted octanol–water partition coefficient (Wildman–Crippen LogP) is 4.05. The minimum atomic E-state index is -1.20. The molecule has 14 heteroatoms. The van der Waals surface area contributed by atoms with E-state index in [2.05, 4.69) is 25.1 Å². The van der Waals surface area contributed by atoms with Gasteiger partial charge < -0.3 is 25.0 Å². The van der Waals surface area contributed by atoms with Gasteiger partial charge in [0.2, 0.25) is 5.82 Å². The van der Waals surface area contributed by atoms with Gasteiger partial charge in [0.25, 0.3) is 5.91 Å². The van der Waals surface area contributed by atoms with Crippen LogP contribution in [0.2, 0.25) is 5.02 Å². The van der Waals surface area contributed by atoms with Crippen molar-refractivity contribution in [2.24, 2.45) is 5.92 Å². The van der Waals surface area contributed by atoms with E-state index < -0.39 is 18.2 Å². The fraction of sp³-hybridized carbons (Fsp3) is 0.375. The van der Waals surface area contributed by atoms with Gasteiger partial charge in [0, 0.05) is 76.1 Å². The summed E-state index contributed by atoms with van der Waals surface area (Å²) >= 11 is 6.60. The maximum absolute atomic E-state index is 15.0. The molecule has 2 aromatic carbocycles. The molecule has 46 heavy (non-hydrogen) atoms. The first-order valence-corrected chi connectivity index (χ1v) is 15.5. The van der Waals surface area contributed by atoms with Crippen LogP contribution in [0, 0.1) is 28.9 Å². The highest BCUT2D eigenvalue weighted by molar-refractivity contribution is 6.34. The van der Waals surface area contributed by atoms with E-state index in [1.54, 1.807) is 34.9 Å². The van der Waals surface area contributed by atoms with Crippen LogP contribution in [0.3, 0.4) is 0 Å². The van der Waals surface area contributed by atoms with E-state index in [1.807, 2.05) is 4.90 Å². The average molecular weight is 651 g/mol. The molecule has 1 amide bonds. The Labute approximate surface area is 269 Å². The third kappa shape index (κ3) is 6.61. The van der Waals surface area contributed by atoms with Crippen LogP contribution < -0.4 is 10.1 Å². The number of hydrogen-bond acceptors (Lipinski definition) is 9. The van der Waals surface area contributed by atoms with Gasteiger partial charge in [-0.05, 0) is 49.2 Å². The van der Waals surface area contributed by atoms with Crippen molar-refractivity contribution >= 4 is 34.7 Å². The molecule has 2 saturated heterocycles. The number of anilines is 2. The number of carbonyl (C=O) groups excluding carboxylic acids is 1. The van der Waals surface area contributed by atoms with E-state index in [-0.39, 0.29) is 34.5 Å². The summed E-state index contributed by atoms with van der Waals surface area (Å²) in [6.07, 6.45) is 5.53. The second kappa shape index (κ2) is 14.0. The number of fused-ring (bicyclic) bond motifs is 1. The van der Waals surface area contributed by atoms with Crippen LogP contribution in [0.25, 0.3) is 16.9 Å². The summed E-state index contributed by atoms with van der Waals surface area (Å²) in [5.41, 5.74) is 1.57. The molecule has 4 heterocycles. The molecule has 240 valence electrons. The van der Waals surface area contributed by atoms with Gasteiger partial charge in [-0.2, -0.15) is 9.65 Å². The maximum Gasteiger partial charge on any atom is 0.255 e. The predicted molar refractivity (Wildman–Crippen MR) is 168 cm³/mol. The summed E-state index contributed by atoms with van der Waals surface area (Å²) in [7, 11) is 0. The number of amides is 1. The van der Waals surface area contributed by atoms with Crippen molar-refractivity contribution in [2.45, 2.75) is 6.42 Å². The summed E-state index contributed by atoms with van der Waals surface area (Å²) in [4.78, 5) is 28.7. The lowest BCUT2D eigenvalue weighted by Crippen LogP contribution is -2.50. The number of nitriles is 1. The van der Waals surface area contributed by atoms with Crippen molar-refractivity contribution in [3.05, 3.63) is 71.1 Å². The summed E-state index contributed by atoms with van der Waals surface area (Å²) in [6.45, 7) is 6.53. The standard InChI is InChI=1S/C32H33ClF2N8O3/c33-25-17-22(1-2-23(25)32(45)42-14-12-40(13-15-42)10-11-41-8-5-21(19-41)20-44)39-30-31-38-18-26(43(31)9-7-37-30)24-3-4-27(46-16-6-36)29(35)28(24)34/h1-4,7,9,17-18,21,44H,5,8,10-16,19-20H2,(H,37,39). The van der Waals surface area contributed by atoms with Crippen molar-refractivity contribution < 1.29 is 23.4 Å². The van der Waals surface area contributed by atoms with Gasteiger partial charge in [0.1, 0.15) is 6.07 Å². The first-order valence-electron chi connectivity index (χ1n) is 15.1. The normalized spacial score (nSPS) is 17.4. The molecule has 0 aliphatic carbocycles. The number of benzene rings is 2.